The predicted octanol–water partition coefficient (Wildman–Crippen LogP) is 1.76. The Hall–Kier alpha value is -1.26. The third-order valence-corrected chi connectivity index (χ3v) is 5.46. The summed E-state index contributed by atoms with van der Waals surface area (Å²) in [5.41, 5.74) is 0. The van der Waals surface area contributed by atoms with E-state index in [1.165, 1.54) is 0 Å². The normalized spacial score (nSPS) is 37.0. The topological polar surface area (TPSA) is 98.8 Å². The lowest BCUT2D eigenvalue weighted by atomic mass is 9.96. The van der Waals surface area contributed by atoms with Crippen LogP contribution < -0.4 is 0 Å². The largest absolute Gasteiger partial charge is 0.466 e. The molecule has 0 saturated carbocycles. The highest BCUT2D eigenvalue weighted by Gasteiger charge is 2.60. The number of fused-ring (bicyclic) bond motifs is 1. The first kappa shape index (κ1) is 22.4. The van der Waals surface area contributed by atoms with Gasteiger partial charge in [0.05, 0.1) is 25.0 Å². The van der Waals surface area contributed by atoms with Gasteiger partial charge in [-0.3, -0.25) is 9.59 Å². The summed E-state index contributed by atoms with van der Waals surface area (Å²) in [6, 6.07) is 0. The molecule has 0 aliphatic carbocycles. The van der Waals surface area contributed by atoms with Crippen LogP contribution in [0.3, 0.4) is 0 Å². The molecular formula is C20H32O9. The lowest BCUT2D eigenvalue weighted by Gasteiger charge is -2.27. The van der Waals surface area contributed by atoms with E-state index in [1.54, 1.807) is 34.6 Å². The second-order valence-corrected chi connectivity index (χ2v) is 8.67. The Bertz CT molecular complexity index is 631. The Morgan fingerprint density at radius 1 is 0.931 bits per heavy atom. The zero-order valence-corrected chi connectivity index (χ0v) is 18.1. The van der Waals surface area contributed by atoms with Crippen LogP contribution in [-0.2, 0) is 42.7 Å². The molecule has 0 N–H and O–H groups in total. The number of rotatable bonds is 6. The van der Waals surface area contributed by atoms with Crippen LogP contribution in [0.1, 0.15) is 48.5 Å². The maximum atomic E-state index is 12.7. The van der Waals surface area contributed by atoms with E-state index >= 15 is 0 Å². The molecule has 0 radical (unpaired) electrons. The number of hydrogen-bond donors (Lipinski definition) is 0. The van der Waals surface area contributed by atoms with E-state index in [4.69, 9.17) is 33.2 Å². The molecule has 7 unspecified atom stereocenters. The molecule has 166 valence electrons. The van der Waals surface area contributed by atoms with E-state index in [2.05, 4.69) is 0 Å². The van der Waals surface area contributed by atoms with E-state index in [9.17, 15) is 9.59 Å². The molecule has 3 heterocycles. The minimum atomic E-state index is -0.969. The summed E-state index contributed by atoms with van der Waals surface area (Å²) >= 11 is 0. The van der Waals surface area contributed by atoms with E-state index in [1.807, 2.05) is 13.8 Å². The maximum absolute atomic E-state index is 12.7. The van der Waals surface area contributed by atoms with Crippen molar-refractivity contribution in [3.63, 3.8) is 0 Å². The van der Waals surface area contributed by atoms with E-state index in [0.717, 1.165) is 0 Å². The van der Waals surface area contributed by atoms with Crippen molar-refractivity contribution >= 4 is 11.9 Å². The van der Waals surface area contributed by atoms with Crippen LogP contribution in [0.4, 0.5) is 0 Å². The summed E-state index contributed by atoms with van der Waals surface area (Å²) in [5.74, 6) is -3.92. The molecule has 0 bridgehead atoms. The van der Waals surface area contributed by atoms with Gasteiger partial charge in [0.25, 0.3) is 0 Å². The highest BCUT2D eigenvalue weighted by atomic mass is 16.8. The van der Waals surface area contributed by atoms with Gasteiger partial charge in [-0.2, -0.15) is 0 Å². The summed E-state index contributed by atoms with van der Waals surface area (Å²) in [6.07, 6.45) is -2.93. The van der Waals surface area contributed by atoms with Gasteiger partial charge >= 0.3 is 11.9 Å². The first-order chi connectivity index (χ1) is 13.4. The lowest BCUT2D eigenvalue weighted by molar-refractivity contribution is -0.246. The van der Waals surface area contributed by atoms with Crippen molar-refractivity contribution in [1.29, 1.82) is 0 Å². The molecule has 7 atom stereocenters. The van der Waals surface area contributed by atoms with Crippen LogP contribution in [0.2, 0.25) is 0 Å². The van der Waals surface area contributed by atoms with Gasteiger partial charge in [-0.25, -0.2) is 0 Å². The van der Waals surface area contributed by atoms with E-state index < -0.39 is 60.0 Å². The molecule has 9 heteroatoms. The van der Waals surface area contributed by atoms with Gasteiger partial charge in [0.15, 0.2) is 17.7 Å². The van der Waals surface area contributed by atoms with Gasteiger partial charge in [-0.15, -0.1) is 0 Å². The first-order valence-corrected chi connectivity index (χ1v) is 10.1. The molecule has 0 spiro atoms. The molecule has 3 rings (SSSR count). The molecule has 0 aromatic rings. The number of hydrogen-bond acceptors (Lipinski definition) is 9. The Labute approximate surface area is 171 Å². The molecule has 3 saturated heterocycles. The van der Waals surface area contributed by atoms with E-state index in [0.29, 0.717) is 6.61 Å². The number of esters is 2. The molecule has 9 nitrogen and oxygen atoms in total. The van der Waals surface area contributed by atoms with Crippen molar-refractivity contribution in [3.8, 4) is 0 Å². The van der Waals surface area contributed by atoms with E-state index in [-0.39, 0.29) is 12.7 Å². The highest BCUT2D eigenvalue weighted by molar-refractivity contribution is 5.81. The van der Waals surface area contributed by atoms with Gasteiger partial charge < -0.3 is 33.2 Å². The lowest BCUT2D eigenvalue weighted by Crippen LogP contribution is -2.40. The quantitative estimate of drug-likeness (QED) is 0.600. The van der Waals surface area contributed by atoms with Crippen molar-refractivity contribution in [1.82, 2.24) is 0 Å². The zero-order chi connectivity index (χ0) is 21.6. The average molecular weight is 416 g/mol. The van der Waals surface area contributed by atoms with Crippen LogP contribution in [0, 0.1) is 11.8 Å². The van der Waals surface area contributed by atoms with Crippen LogP contribution in [-0.4, -0.2) is 67.4 Å². The summed E-state index contributed by atoms with van der Waals surface area (Å²) in [6.45, 7) is 12.8. The third-order valence-electron chi connectivity index (χ3n) is 5.46. The second-order valence-electron chi connectivity index (χ2n) is 8.67. The molecule has 29 heavy (non-hydrogen) atoms. The number of ether oxygens (including phenoxy) is 7. The van der Waals surface area contributed by atoms with Crippen LogP contribution in [0.5, 0.6) is 0 Å². The molecule has 0 amide bonds. The fourth-order valence-corrected chi connectivity index (χ4v) is 3.77. The molecular weight excluding hydrogens is 384 g/mol. The van der Waals surface area contributed by atoms with Crippen molar-refractivity contribution in [2.45, 2.75) is 90.7 Å². The first-order valence-electron chi connectivity index (χ1n) is 10.1. The van der Waals surface area contributed by atoms with Crippen molar-refractivity contribution in [2.24, 2.45) is 11.8 Å². The Morgan fingerprint density at radius 2 is 1.55 bits per heavy atom. The fourth-order valence-electron chi connectivity index (χ4n) is 3.77. The van der Waals surface area contributed by atoms with Crippen molar-refractivity contribution < 1.29 is 42.7 Å². The molecule has 3 aliphatic heterocycles. The SMILES string of the molecule is CCOC(=O)C(C)C(C)C(=O)OC1OC(C2COC(C)(C)O2)C2OC(C)(C)OC12. The zero-order valence-electron chi connectivity index (χ0n) is 18.1. The van der Waals surface area contributed by atoms with Crippen LogP contribution in [0.15, 0.2) is 0 Å². The fraction of sp³-hybridized carbons (Fsp3) is 0.900. The summed E-state index contributed by atoms with van der Waals surface area (Å²) in [5, 5.41) is 0. The van der Waals surface area contributed by atoms with Crippen molar-refractivity contribution in [2.75, 3.05) is 13.2 Å². The van der Waals surface area contributed by atoms with Gasteiger partial charge in [0.2, 0.25) is 6.29 Å². The van der Waals surface area contributed by atoms with Gasteiger partial charge in [0, 0.05) is 0 Å². The minimum absolute atomic E-state index is 0.252. The molecule has 3 fully saturated rings. The van der Waals surface area contributed by atoms with Crippen LogP contribution in [0.25, 0.3) is 0 Å². The van der Waals surface area contributed by atoms with Gasteiger partial charge in [-0.05, 0) is 34.6 Å². The summed E-state index contributed by atoms with van der Waals surface area (Å²) in [7, 11) is 0. The monoisotopic (exact) mass is 416 g/mol. The maximum Gasteiger partial charge on any atom is 0.311 e. The summed E-state index contributed by atoms with van der Waals surface area (Å²) < 4.78 is 40.1. The summed E-state index contributed by atoms with van der Waals surface area (Å²) in [4.78, 5) is 24.6. The minimum Gasteiger partial charge on any atom is -0.466 e. The Morgan fingerprint density at radius 3 is 2.14 bits per heavy atom. The standard InChI is InChI=1S/C20H32O9/c1-8-23-16(21)10(2)11(3)17(22)26-18-15-14(28-20(6,7)29-15)13(25-18)12-9-24-19(4,5)27-12/h10-15,18H,8-9H2,1-7H3. The van der Waals surface area contributed by atoms with Gasteiger partial charge in [-0.1, -0.05) is 13.8 Å². The Balaban J connectivity index is 1.69. The third kappa shape index (κ3) is 4.74. The highest BCUT2D eigenvalue weighted by Crippen LogP contribution is 2.42. The smallest absolute Gasteiger partial charge is 0.311 e. The van der Waals surface area contributed by atoms with Crippen molar-refractivity contribution in [3.05, 3.63) is 0 Å². The number of carbonyl (C=O) groups is 2. The Kier molecular flexibility index (Phi) is 6.27. The molecule has 0 aromatic heterocycles. The molecule has 3 aliphatic rings. The number of carbonyl (C=O) groups excluding carboxylic acids is 2. The molecule has 0 aromatic carbocycles. The second kappa shape index (κ2) is 8.11. The predicted molar refractivity (Wildman–Crippen MR) is 98.4 cm³/mol. The average Bonchev–Trinajstić information content (AvgIpc) is 3.24. The van der Waals surface area contributed by atoms with Gasteiger partial charge in [0.1, 0.15) is 18.3 Å². The van der Waals surface area contributed by atoms with Crippen LogP contribution >= 0.6 is 0 Å².